The second kappa shape index (κ2) is 38.1. The Morgan fingerprint density at radius 1 is 0.618 bits per heavy atom. The predicted octanol–water partition coefficient (Wildman–Crippen LogP) is 0.361. The van der Waals surface area contributed by atoms with Crippen molar-refractivity contribution in [1.82, 2.24) is 25.3 Å². The number of Topliss-reactive ketones (excluding diaryl/α,β-unsaturated/α-hetero) is 1. The second-order valence-corrected chi connectivity index (χ2v) is 14.5. The predicted molar refractivity (Wildman–Crippen MR) is 247 cm³/mol. The number of carbonyl (C=O) groups is 3. The summed E-state index contributed by atoms with van der Waals surface area (Å²) >= 11 is 0. The van der Waals surface area contributed by atoms with Gasteiger partial charge in [-0.1, -0.05) is 0 Å². The summed E-state index contributed by atoms with van der Waals surface area (Å²) in [7, 11) is 0. The lowest BCUT2D eigenvalue weighted by Gasteiger charge is -2.14. The Kier molecular flexibility index (Phi) is 32.2. The van der Waals surface area contributed by atoms with Gasteiger partial charge in [-0.05, 0) is 37.1 Å². The van der Waals surface area contributed by atoms with Crippen LogP contribution in [-0.4, -0.2) is 201 Å². The molecule has 68 heavy (non-hydrogen) atoms. The van der Waals surface area contributed by atoms with Crippen LogP contribution in [0.1, 0.15) is 41.7 Å². The number of benzene rings is 1. The van der Waals surface area contributed by atoms with Gasteiger partial charge in [0.1, 0.15) is 11.8 Å². The van der Waals surface area contributed by atoms with E-state index in [1.807, 2.05) is 0 Å². The number of H-pyrrole nitrogens is 1. The van der Waals surface area contributed by atoms with Crippen molar-refractivity contribution in [3.8, 4) is 0 Å². The van der Waals surface area contributed by atoms with Gasteiger partial charge in [0, 0.05) is 37.2 Å². The molecule has 0 fully saturated rings. The third kappa shape index (κ3) is 27.9. The number of aromatic amines is 1. The summed E-state index contributed by atoms with van der Waals surface area (Å²) in [5, 5.41) is 15.3. The number of nitrogens with zero attached hydrogens (tertiary/aromatic N) is 3. The zero-order chi connectivity index (χ0) is 48.7. The van der Waals surface area contributed by atoms with Gasteiger partial charge in [-0.2, -0.15) is 4.98 Å². The number of nitrogens with two attached hydrogens (primary N) is 2. The monoisotopic (exact) mass is 966 g/mol. The zero-order valence-electron chi connectivity index (χ0n) is 38.8. The molecule has 1 amide bonds. The Labute approximate surface area is 395 Å². The van der Waals surface area contributed by atoms with Crippen LogP contribution >= 0.6 is 0 Å². The van der Waals surface area contributed by atoms with E-state index in [-0.39, 0.29) is 54.3 Å². The molecule has 3 rings (SSSR count). The molecule has 24 heteroatoms. The van der Waals surface area contributed by atoms with Crippen LogP contribution in [0.5, 0.6) is 0 Å². The number of anilines is 2. The van der Waals surface area contributed by atoms with E-state index in [2.05, 4.69) is 30.6 Å². The van der Waals surface area contributed by atoms with Crippen LogP contribution in [0.3, 0.4) is 0 Å². The average Bonchev–Trinajstić information content (AvgIpc) is 3.33. The summed E-state index contributed by atoms with van der Waals surface area (Å²) in [5.41, 5.74) is 11.9. The van der Waals surface area contributed by atoms with Gasteiger partial charge < -0.3 is 79.3 Å². The Bertz CT molecular complexity index is 1860. The third-order valence-electron chi connectivity index (χ3n) is 9.15. The number of amides is 1. The maximum atomic E-state index is 12.8. The minimum atomic E-state index is -1.24. The van der Waals surface area contributed by atoms with Gasteiger partial charge in [0.05, 0.1) is 157 Å². The van der Waals surface area contributed by atoms with Gasteiger partial charge in [-0.15, -0.1) is 0 Å². The first kappa shape index (κ1) is 57.5. The first-order valence-corrected chi connectivity index (χ1v) is 22.7. The van der Waals surface area contributed by atoms with E-state index in [0.717, 1.165) is 0 Å². The highest BCUT2D eigenvalue weighted by atomic mass is 16.6. The highest BCUT2D eigenvalue weighted by molar-refractivity contribution is 5.97. The summed E-state index contributed by atoms with van der Waals surface area (Å²) in [5.74, 6) is -2.01. The van der Waals surface area contributed by atoms with E-state index in [1.54, 1.807) is 12.1 Å². The van der Waals surface area contributed by atoms with Crippen molar-refractivity contribution >= 4 is 40.5 Å². The molecule has 0 radical (unpaired) electrons. The number of hydrogen-bond acceptors (Lipinski definition) is 21. The maximum absolute atomic E-state index is 12.8. The number of ketones is 1. The van der Waals surface area contributed by atoms with Crippen molar-refractivity contribution in [3.05, 3.63) is 52.1 Å². The van der Waals surface area contributed by atoms with Gasteiger partial charge in [0.25, 0.3) is 11.5 Å². The van der Waals surface area contributed by atoms with Crippen molar-refractivity contribution < 1.29 is 71.6 Å². The Morgan fingerprint density at radius 3 is 1.50 bits per heavy atom. The number of aliphatic carboxylic acids is 1. The molecule has 2 aromatic heterocycles. The van der Waals surface area contributed by atoms with Gasteiger partial charge in [0.2, 0.25) is 5.95 Å². The van der Waals surface area contributed by atoms with Gasteiger partial charge in [-0.25, -0.2) is 14.8 Å². The van der Waals surface area contributed by atoms with Gasteiger partial charge in [-0.3, -0.25) is 19.4 Å². The van der Waals surface area contributed by atoms with Crippen LogP contribution in [0.15, 0.2) is 35.3 Å². The first-order chi connectivity index (χ1) is 33.3. The first-order valence-electron chi connectivity index (χ1n) is 22.7. The third-order valence-corrected chi connectivity index (χ3v) is 9.15. The highest BCUT2D eigenvalue weighted by Gasteiger charge is 2.22. The number of nitrogen functional groups attached to an aromatic ring is 1. The molecule has 0 spiro atoms. The summed E-state index contributed by atoms with van der Waals surface area (Å²) in [6.07, 6.45) is 2.10. The number of rotatable bonds is 45. The molecule has 0 saturated heterocycles. The lowest BCUT2D eigenvalue weighted by atomic mass is 10.1. The number of fused-ring (bicyclic) bond motifs is 1. The van der Waals surface area contributed by atoms with Crippen LogP contribution in [0.4, 0.5) is 11.6 Å². The van der Waals surface area contributed by atoms with Crippen molar-refractivity contribution in [2.75, 3.05) is 163 Å². The SMILES string of the molecule is NCCOCCOCCOCCOCCOCCOCCOCCOCCOCCOCCOCCCC(=O)CC[C@H](NC(=O)c1ccc(NCc2cnc3nc(N)[nH]c(=O)c3n2)cc1)C(=O)O. The molecule has 3 aromatic rings. The lowest BCUT2D eigenvalue weighted by molar-refractivity contribution is -0.139. The Hall–Kier alpha value is -4.83. The zero-order valence-corrected chi connectivity index (χ0v) is 38.8. The number of hydrogen-bond donors (Lipinski definition) is 6. The summed E-state index contributed by atoms with van der Waals surface area (Å²) in [4.78, 5) is 63.9. The molecule has 2 heterocycles. The largest absolute Gasteiger partial charge is 0.480 e. The fourth-order valence-electron chi connectivity index (χ4n) is 5.67. The molecule has 8 N–H and O–H groups in total. The fraction of sp³-hybridized carbons (Fsp3) is 0.659. The Balaban J connectivity index is 1.03. The van der Waals surface area contributed by atoms with Crippen LogP contribution in [0.2, 0.25) is 0 Å². The molecule has 0 aliphatic carbocycles. The highest BCUT2D eigenvalue weighted by Crippen LogP contribution is 2.13. The number of nitrogens with one attached hydrogen (secondary N) is 3. The maximum Gasteiger partial charge on any atom is 0.326 e. The normalized spacial score (nSPS) is 11.8. The minimum absolute atomic E-state index is 0.00905. The molecule has 0 aliphatic rings. The molecule has 0 aliphatic heterocycles. The van der Waals surface area contributed by atoms with Gasteiger partial charge in [0.15, 0.2) is 11.2 Å². The van der Waals surface area contributed by atoms with Gasteiger partial charge >= 0.3 is 5.97 Å². The minimum Gasteiger partial charge on any atom is -0.480 e. The van der Waals surface area contributed by atoms with Crippen LogP contribution in [0, 0.1) is 0 Å². The van der Waals surface area contributed by atoms with Crippen molar-refractivity contribution in [3.63, 3.8) is 0 Å². The number of carboxylic acids is 1. The molecule has 0 unspecified atom stereocenters. The fourth-order valence-corrected chi connectivity index (χ4v) is 5.67. The molecule has 1 atom stereocenters. The van der Waals surface area contributed by atoms with Crippen molar-refractivity contribution in [2.45, 2.75) is 38.3 Å². The topological polar surface area (TPSA) is 321 Å². The van der Waals surface area contributed by atoms with E-state index in [4.69, 9.17) is 63.6 Å². The number of ether oxygens (including phenoxy) is 11. The quantitative estimate of drug-likeness (QED) is 0.0417. The summed E-state index contributed by atoms with van der Waals surface area (Å²) in [6, 6.07) is 5.10. The summed E-state index contributed by atoms with van der Waals surface area (Å²) in [6.45, 7) is 10.8. The molecule has 1 aromatic carbocycles. The molecule has 382 valence electrons. The standard InChI is InChI=1S/C44H70N8O16/c45-9-11-59-13-15-61-17-19-63-21-23-65-25-27-67-29-31-68-30-28-66-26-24-64-22-20-62-18-16-60-14-12-58-10-1-2-37(53)7-8-38(43(56)57)50-41(54)34-3-5-35(6-4-34)47-32-36-33-48-40-39(49-36)42(55)52-44(46)51-40/h3-6,33,38,47H,1-2,7-32,45H2,(H,50,54)(H,56,57)(H3,46,48,51,52,55)/t38-/m0/s1. The smallest absolute Gasteiger partial charge is 0.326 e. The van der Waals surface area contributed by atoms with E-state index in [1.165, 1.54) is 18.3 Å². The molecule has 0 saturated carbocycles. The molecule has 24 nitrogen and oxygen atoms in total. The van der Waals surface area contributed by atoms with E-state index in [9.17, 15) is 24.3 Å². The second-order valence-electron chi connectivity index (χ2n) is 14.5. The van der Waals surface area contributed by atoms with Crippen LogP contribution < -0.4 is 27.7 Å². The van der Waals surface area contributed by atoms with Crippen molar-refractivity contribution in [2.24, 2.45) is 5.73 Å². The van der Waals surface area contributed by atoms with Crippen LogP contribution in [-0.2, 0) is 68.2 Å². The summed E-state index contributed by atoms with van der Waals surface area (Å²) < 4.78 is 59.9. The lowest BCUT2D eigenvalue weighted by Crippen LogP contribution is -2.41. The van der Waals surface area contributed by atoms with E-state index < -0.39 is 23.5 Å². The number of carbonyl (C=O) groups excluding carboxylic acids is 2. The molecular weight excluding hydrogens is 897 g/mol. The molecular formula is C44H70N8O16. The van der Waals surface area contributed by atoms with E-state index in [0.29, 0.717) is 170 Å². The van der Waals surface area contributed by atoms with Crippen molar-refractivity contribution in [1.29, 1.82) is 0 Å². The number of aromatic nitrogens is 4. The number of carboxylic acid groups (broad SMARTS) is 1. The van der Waals surface area contributed by atoms with Crippen LogP contribution in [0.25, 0.3) is 11.2 Å². The molecule has 0 bridgehead atoms. The Morgan fingerprint density at radius 2 is 1.06 bits per heavy atom. The van der Waals surface area contributed by atoms with E-state index >= 15 is 0 Å². The average molecular weight is 967 g/mol.